The van der Waals surface area contributed by atoms with E-state index in [0.29, 0.717) is 21.7 Å². The highest BCUT2D eigenvalue weighted by Crippen LogP contribution is 2.70. The van der Waals surface area contributed by atoms with Crippen LogP contribution in [0.25, 0.3) is 0 Å². The molecule has 0 spiro atoms. The molecule has 0 amide bonds. The molecule has 0 aromatic heterocycles. The Morgan fingerprint density at radius 1 is 0.763 bits per heavy atom. The molecule has 4 saturated carbocycles. The summed E-state index contributed by atoms with van der Waals surface area (Å²) in [5.41, 5.74) is 4.02. The molecule has 9 atom stereocenters. The molecular weight excluding hydrogens is 456 g/mol. The van der Waals surface area contributed by atoms with E-state index in [2.05, 4.69) is 68.4 Å². The molecule has 0 saturated heterocycles. The maximum absolute atomic E-state index is 2.86. The topological polar surface area (TPSA) is 0 Å². The van der Waals surface area contributed by atoms with E-state index >= 15 is 0 Å². The van der Waals surface area contributed by atoms with Gasteiger partial charge < -0.3 is 0 Å². The number of fused-ring (bicyclic) bond motifs is 5. The molecule has 0 radical (unpaired) electrons. The highest BCUT2D eigenvalue weighted by Gasteiger charge is 2.61. The van der Waals surface area contributed by atoms with Gasteiger partial charge in [0.25, 0.3) is 0 Å². The minimum Gasteiger partial charge on any atom is -0.0842 e. The van der Waals surface area contributed by atoms with Gasteiger partial charge in [-0.3, -0.25) is 0 Å². The Hall–Kier alpha value is -0.260. The van der Waals surface area contributed by atoms with E-state index in [1.165, 1.54) is 96.3 Å². The second-order valence-electron chi connectivity index (χ2n) is 18.3. The fourth-order valence-corrected chi connectivity index (χ4v) is 12.0. The maximum Gasteiger partial charge on any atom is -0.0113 e. The number of hydrogen-bond donors (Lipinski definition) is 0. The van der Waals surface area contributed by atoms with Crippen molar-refractivity contribution in [1.82, 2.24) is 0 Å². The monoisotopic (exact) mass is 523 g/mol. The van der Waals surface area contributed by atoms with Crippen molar-refractivity contribution < 1.29 is 0 Å². The minimum absolute atomic E-state index is 0.410. The largest absolute Gasteiger partial charge is 0.0842 e. The lowest BCUT2D eigenvalue weighted by Crippen LogP contribution is -2.54. The van der Waals surface area contributed by atoms with Crippen LogP contribution in [0.3, 0.4) is 0 Å². The van der Waals surface area contributed by atoms with Crippen molar-refractivity contribution in [1.29, 1.82) is 0 Å². The molecule has 0 heterocycles. The van der Waals surface area contributed by atoms with Gasteiger partial charge >= 0.3 is 0 Å². The Labute approximate surface area is 239 Å². The molecule has 38 heavy (non-hydrogen) atoms. The molecule has 0 aromatic carbocycles. The first kappa shape index (κ1) is 29.2. The van der Waals surface area contributed by atoms with Gasteiger partial charge in [-0.1, -0.05) is 86.8 Å². The fraction of sp³-hybridized carbons (Fsp3) is 0.947. The van der Waals surface area contributed by atoms with Crippen LogP contribution in [0.4, 0.5) is 0 Å². The van der Waals surface area contributed by atoms with E-state index in [4.69, 9.17) is 0 Å². The quantitative estimate of drug-likeness (QED) is 0.240. The van der Waals surface area contributed by atoms with Crippen LogP contribution < -0.4 is 0 Å². The van der Waals surface area contributed by atoms with Crippen LogP contribution in [0.2, 0.25) is 0 Å². The standard InChI is InChI=1S/C38H66/c1-26-22-27(2)24-28(23-26)25-30-14-16-32-31(36(30,6)7)17-18-34-33-15-13-29(12-10-11-19-35(3,4)5)37(33,8)20-21-38(32,34)9/h17,26-30,32-34H,10-16,18-25H2,1-9H3. The van der Waals surface area contributed by atoms with Crippen LogP contribution in [0, 0.1) is 69.0 Å². The van der Waals surface area contributed by atoms with Gasteiger partial charge in [0.15, 0.2) is 0 Å². The van der Waals surface area contributed by atoms with Crippen molar-refractivity contribution in [3.63, 3.8) is 0 Å². The lowest BCUT2D eigenvalue weighted by Gasteiger charge is -2.62. The molecule has 0 nitrogen and oxygen atoms in total. The van der Waals surface area contributed by atoms with Gasteiger partial charge in [-0.15, -0.1) is 0 Å². The molecule has 4 fully saturated rings. The van der Waals surface area contributed by atoms with Crippen LogP contribution in [-0.4, -0.2) is 0 Å². The minimum atomic E-state index is 0.410. The number of hydrogen-bond acceptors (Lipinski definition) is 0. The van der Waals surface area contributed by atoms with E-state index < -0.39 is 0 Å². The first-order chi connectivity index (χ1) is 17.7. The maximum atomic E-state index is 2.86. The summed E-state index contributed by atoms with van der Waals surface area (Å²) in [6, 6.07) is 0. The normalized spacial score (nSPS) is 46.6. The van der Waals surface area contributed by atoms with Gasteiger partial charge in [-0.25, -0.2) is 0 Å². The average Bonchev–Trinajstić information content (AvgIpc) is 3.13. The van der Waals surface area contributed by atoms with E-state index in [0.717, 1.165) is 47.3 Å². The van der Waals surface area contributed by atoms with Gasteiger partial charge in [0, 0.05) is 0 Å². The van der Waals surface area contributed by atoms with E-state index in [-0.39, 0.29) is 0 Å². The van der Waals surface area contributed by atoms with Gasteiger partial charge in [0.05, 0.1) is 0 Å². The summed E-state index contributed by atoms with van der Waals surface area (Å²) in [6.45, 7) is 23.2. The van der Waals surface area contributed by atoms with Crippen LogP contribution in [0.15, 0.2) is 11.6 Å². The summed E-state index contributed by atoms with van der Waals surface area (Å²) in [6.07, 6.45) is 25.1. The Morgan fingerprint density at radius 3 is 2.11 bits per heavy atom. The molecule has 0 N–H and O–H groups in total. The molecule has 0 bridgehead atoms. The summed E-state index contributed by atoms with van der Waals surface area (Å²) in [4.78, 5) is 0. The molecule has 5 rings (SSSR count). The first-order valence-electron chi connectivity index (χ1n) is 17.4. The van der Waals surface area contributed by atoms with Crippen molar-refractivity contribution in [3.8, 4) is 0 Å². The number of unbranched alkanes of at least 4 members (excludes halogenated alkanes) is 1. The van der Waals surface area contributed by atoms with Gasteiger partial charge in [-0.05, 0) is 152 Å². The first-order valence-corrected chi connectivity index (χ1v) is 17.4. The number of rotatable bonds is 6. The predicted octanol–water partition coefficient (Wildman–Crippen LogP) is 11.9. The van der Waals surface area contributed by atoms with E-state index in [1.54, 1.807) is 0 Å². The van der Waals surface area contributed by atoms with E-state index in [9.17, 15) is 0 Å². The van der Waals surface area contributed by atoms with Crippen LogP contribution in [0.5, 0.6) is 0 Å². The molecule has 9 unspecified atom stereocenters. The smallest absolute Gasteiger partial charge is 0.0113 e. The lowest BCUT2D eigenvalue weighted by molar-refractivity contribution is -0.0850. The van der Waals surface area contributed by atoms with Crippen molar-refractivity contribution >= 4 is 0 Å². The fourth-order valence-electron chi connectivity index (χ4n) is 12.0. The summed E-state index contributed by atoms with van der Waals surface area (Å²) >= 11 is 0. The van der Waals surface area contributed by atoms with Crippen molar-refractivity contribution in [2.75, 3.05) is 0 Å². The Balaban J connectivity index is 1.27. The Kier molecular flexibility index (Phi) is 8.11. The Morgan fingerprint density at radius 2 is 1.42 bits per heavy atom. The Bertz CT molecular complexity index is 844. The summed E-state index contributed by atoms with van der Waals surface area (Å²) in [5, 5.41) is 0. The molecule has 0 heteroatoms. The zero-order chi connectivity index (χ0) is 27.5. The molecule has 5 aliphatic carbocycles. The second-order valence-corrected chi connectivity index (χ2v) is 18.3. The highest BCUT2D eigenvalue weighted by molar-refractivity contribution is 5.28. The average molecular weight is 523 g/mol. The summed E-state index contributed by atoms with van der Waals surface area (Å²) in [7, 11) is 0. The van der Waals surface area contributed by atoms with Gasteiger partial charge in [-0.2, -0.15) is 0 Å². The predicted molar refractivity (Wildman–Crippen MR) is 166 cm³/mol. The third-order valence-electron chi connectivity index (χ3n) is 14.1. The van der Waals surface area contributed by atoms with Crippen LogP contribution in [0.1, 0.15) is 159 Å². The molecule has 0 aliphatic heterocycles. The van der Waals surface area contributed by atoms with Crippen molar-refractivity contribution in [2.24, 2.45) is 69.0 Å². The second kappa shape index (κ2) is 10.5. The van der Waals surface area contributed by atoms with Crippen LogP contribution >= 0.6 is 0 Å². The van der Waals surface area contributed by atoms with Crippen LogP contribution in [-0.2, 0) is 0 Å². The zero-order valence-corrected chi connectivity index (χ0v) is 27.3. The van der Waals surface area contributed by atoms with Crippen molar-refractivity contribution in [2.45, 2.75) is 159 Å². The zero-order valence-electron chi connectivity index (χ0n) is 27.3. The van der Waals surface area contributed by atoms with Crippen molar-refractivity contribution in [3.05, 3.63) is 11.6 Å². The third kappa shape index (κ3) is 5.36. The third-order valence-corrected chi connectivity index (χ3v) is 14.1. The van der Waals surface area contributed by atoms with Gasteiger partial charge in [0.1, 0.15) is 0 Å². The highest BCUT2D eigenvalue weighted by atomic mass is 14.7. The lowest BCUT2D eigenvalue weighted by atomic mass is 9.42. The summed E-state index contributed by atoms with van der Waals surface area (Å²) < 4.78 is 0. The molecular formula is C38H66. The van der Waals surface area contributed by atoms with Gasteiger partial charge in [0.2, 0.25) is 0 Å². The number of allylic oxidation sites excluding steroid dienone is 2. The van der Waals surface area contributed by atoms with E-state index in [1.807, 2.05) is 5.57 Å². The molecule has 5 aliphatic rings. The molecule has 218 valence electrons. The SMILES string of the molecule is CC1CC(C)CC(CC2CCC3C(=CCC4C5CCC(CCCCC(C)(C)C)C5(C)CCC34C)C2(C)C)C1. The summed E-state index contributed by atoms with van der Waals surface area (Å²) in [5.74, 6) is 7.58. The molecule has 0 aromatic rings.